The van der Waals surface area contributed by atoms with E-state index in [1.54, 1.807) is 0 Å². The molecule has 0 radical (unpaired) electrons. The van der Waals surface area contributed by atoms with Crippen LogP contribution in [0, 0.1) is 0 Å². The van der Waals surface area contributed by atoms with Gasteiger partial charge in [-0.25, -0.2) is 0 Å². The Morgan fingerprint density at radius 3 is 2.30 bits per heavy atom. The molecule has 3 nitrogen and oxygen atoms in total. The molecular weight excluding hydrogens is 199 g/mol. The molecule has 0 aliphatic carbocycles. The van der Waals surface area contributed by atoms with Crippen molar-refractivity contribution in [1.29, 1.82) is 0 Å². The number of hydrogen-bond donors (Lipinski definition) is 0. The van der Waals surface area contributed by atoms with Crippen LogP contribution in [-0.2, 0) is 13.5 Å². The highest BCUT2D eigenvalue weighted by atomic mass is 35.7. The molecule has 0 spiro atoms. The van der Waals surface area contributed by atoms with Crippen molar-refractivity contribution < 1.29 is 12.6 Å². The monoisotopic (exact) mass is 206 g/mol. The van der Waals surface area contributed by atoms with E-state index in [0.29, 0.717) is 12.3 Å². The van der Waals surface area contributed by atoms with Crippen molar-refractivity contribution in [3.8, 4) is 0 Å². The summed E-state index contributed by atoms with van der Waals surface area (Å²) >= 11 is 5.31. The van der Waals surface area contributed by atoms with Gasteiger partial charge in [-0.05, 0) is 12.8 Å². The van der Waals surface area contributed by atoms with Crippen LogP contribution in [-0.4, -0.2) is 20.9 Å². The quantitative estimate of drug-likeness (QED) is 0.389. The topological polar surface area (TPSA) is 43.4 Å². The summed E-state index contributed by atoms with van der Waals surface area (Å²) in [4.78, 5) is 0. The number of rotatable bonds is 5. The van der Waals surface area contributed by atoms with Crippen LogP contribution in [0.4, 0.5) is 0 Å². The molecule has 0 aromatic heterocycles. The average molecular weight is 207 g/mol. The second-order valence-corrected chi connectivity index (χ2v) is 4.14. The third-order valence-electron chi connectivity index (χ3n) is 0.752. The summed E-state index contributed by atoms with van der Waals surface area (Å²) in [7, 11) is 0.954. The lowest BCUT2D eigenvalue weighted by atomic mass is 10.4. The van der Waals surface area contributed by atoms with Gasteiger partial charge in [0.25, 0.3) is 0 Å². The molecule has 10 heavy (non-hydrogen) atoms. The summed E-state index contributed by atoms with van der Waals surface area (Å²) < 4.78 is 24.4. The SMILES string of the molecule is O=S(=O)(Cl)OCCCCCl. The number of hydrogen-bond acceptors (Lipinski definition) is 3. The Morgan fingerprint density at radius 1 is 1.30 bits per heavy atom. The van der Waals surface area contributed by atoms with Gasteiger partial charge in [-0.2, -0.15) is 8.42 Å². The zero-order valence-corrected chi connectivity index (χ0v) is 7.55. The van der Waals surface area contributed by atoms with Gasteiger partial charge in [-0.3, -0.25) is 4.18 Å². The van der Waals surface area contributed by atoms with Crippen LogP contribution in [0.25, 0.3) is 0 Å². The normalized spacial score (nSPS) is 11.8. The molecule has 0 atom stereocenters. The Bertz CT molecular complexity index is 165. The molecule has 0 N–H and O–H groups in total. The maximum atomic E-state index is 10.1. The molecule has 62 valence electrons. The fraction of sp³-hybridized carbons (Fsp3) is 1.00. The lowest BCUT2D eigenvalue weighted by Gasteiger charge is -1.95. The summed E-state index contributed by atoms with van der Waals surface area (Å²) in [5.74, 6) is 0.506. The second-order valence-electron chi connectivity index (χ2n) is 1.61. The molecular formula is C4H8Cl2O3S. The Labute approximate surface area is 69.9 Å². The van der Waals surface area contributed by atoms with Crippen LogP contribution >= 0.6 is 22.3 Å². The van der Waals surface area contributed by atoms with E-state index in [1.165, 1.54) is 0 Å². The molecule has 0 bridgehead atoms. The molecule has 0 saturated heterocycles. The third kappa shape index (κ3) is 8.49. The smallest absolute Gasteiger partial charge is 0.258 e. The van der Waals surface area contributed by atoms with E-state index in [2.05, 4.69) is 4.18 Å². The Balaban J connectivity index is 3.21. The van der Waals surface area contributed by atoms with Crippen molar-refractivity contribution in [3.63, 3.8) is 0 Å². The van der Waals surface area contributed by atoms with Gasteiger partial charge < -0.3 is 0 Å². The first kappa shape index (κ1) is 10.5. The minimum absolute atomic E-state index is 0.110. The lowest BCUT2D eigenvalue weighted by molar-refractivity contribution is 0.321. The molecule has 0 heterocycles. The van der Waals surface area contributed by atoms with Crippen LogP contribution in [0.15, 0.2) is 0 Å². The standard InChI is InChI=1S/C4H8Cl2O3S/c5-3-1-2-4-9-10(6,7)8/h1-4H2. The van der Waals surface area contributed by atoms with Gasteiger partial charge in [-0.15, -0.1) is 11.6 Å². The fourth-order valence-corrected chi connectivity index (χ4v) is 1.05. The van der Waals surface area contributed by atoms with Gasteiger partial charge in [-0.1, -0.05) is 0 Å². The Hall–Kier alpha value is 0.490. The average Bonchev–Trinajstić information content (AvgIpc) is 1.78. The van der Waals surface area contributed by atoms with Gasteiger partial charge in [0.15, 0.2) is 0 Å². The molecule has 6 heteroatoms. The molecule has 0 aliphatic heterocycles. The first-order valence-corrected chi connectivity index (χ1v) is 5.48. The number of halogens is 2. The Morgan fingerprint density at radius 2 is 1.90 bits per heavy atom. The highest BCUT2D eigenvalue weighted by Crippen LogP contribution is 2.01. The maximum Gasteiger partial charge on any atom is 0.355 e. The highest BCUT2D eigenvalue weighted by Gasteiger charge is 2.02. The van der Waals surface area contributed by atoms with Gasteiger partial charge in [0, 0.05) is 16.6 Å². The van der Waals surface area contributed by atoms with E-state index in [1.807, 2.05) is 0 Å². The Kier molecular flexibility index (Phi) is 5.44. The van der Waals surface area contributed by atoms with Gasteiger partial charge >= 0.3 is 9.33 Å². The van der Waals surface area contributed by atoms with Crippen LogP contribution in [0.3, 0.4) is 0 Å². The van der Waals surface area contributed by atoms with E-state index in [0.717, 1.165) is 6.42 Å². The largest absolute Gasteiger partial charge is 0.355 e. The predicted octanol–water partition coefficient (Wildman–Crippen LogP) is 1.51. The summed E-state index contributed by atoms with van der Waals surface area (Å²) in [6.45, 7) is 0.110. The van der Waals surface area contributed by atoms with Gasteiger partial charge in [0.05, 0.1) is 6.61 Å². The molecule has 0 aromatic rings. The molecule has 0 fully saturated rings. The van der Waals surface area contributed by atoms with Crippen LogP contribution in [0.1, 0.15) is 12.8 Å². The molecule has 0 aromatic carbocycles. The zero-order valence-electron chi connectivity index (χ0n) is 5.22. The highest BCUT2D eigenvalue weighted by molar-refractivity contribution is 8.09. The number of unbranched alkanes of at least 4 members (excludes halogenated alkanes) is 1. The maximum absolute atomic E-state index is 10.1. The molecule has 0 amide bonds. The van der Waals surface area contributed by atoms with E-state index in [-0.39, 0.29) is 6.61 Å². The van der Waals surface area contributed by atoms with Crippen molar-refractivity contribution >= 4 is 31.6 Å². The molecule has 0 rings (SSSR count). The second kappa shape index (κ2) is 5.18. The minimum atomic E-state index is -3.78. The van der Waals surface area contributed by atoms with Crippen molar-refractivity contribution in [2.75, 3.05) is 12.5 Å². The first-order chi connectivity index (χ1) is 4.56. The predicted molar refractivity (Wildman–Crippen MR) is 40.7 cm³/mol. The van der Waals surface area contributed by atoms with Crippen molar-refractivity contribution in [3.05, 3.63) is 0 Å². The van der Waals surface area contributed by atoms with Gasteiger partial charge in [0.2, 0.25) is 0 Å². The van der Waals surface area contributed by atoms with Crippen molar-refractivity contribution in [2.45, 2.75) is 12.8 Å². The zero-order chi connectivity index (χ0) is 8.04. The third-order valence-corrected chi connectivity index (χ3v) is 1.73. The fourth-order valence-electron chi connectivity index (χ4n) is 0.355. The van der Waals surface area contributed by atoms with Crippen LogP contribution in [0.5, 0.6) is 0 Å². The molecule has 0 aliphatic rings. The first-order valence-electron chi connectivity index (χ1n) is 2.71. The lowest BCUT2D eigenvalue weighted by Crippen LogP contribution is -1.99. The van der Waals surface area contributed by atoms with E-state index in [9.17, 15) is 8.42 Å². The van der Waals surface area contributed by atoms with Crippen LogP contribution in [0.2, 0.25) is 0 Å². The molecule has 0 unspecified atom stereocenters. The summed E-state index contributed by atoms with van der Waals surface area (Å²) in [6, 6.07) is 0. The summed E-state index contributed by atoms with van der Waals surface area (Å²) in [6.07, 6.45) is 1.34. The molecule has 0 saturated carbocycles. The minimum Gasteiger partial charge on any atom is -0.258 e. The van der Waals surface area contributed by atoms with Crippen molar-refractivity contribution in [1.82, 2.24) is 0 Å². The summed E-state index contributed by atoms with van der Waals surface area (Å²) in [5, 5.41) is 0. The number of alkyl halides is 1. The van der Waals surface area contributed by atoms with Crippen LogP contribution < -0.4 is 0 Å². The van der Waals surface area contributed by atoms with E-state index in [4.69, 9.17) is 22.3 Å². The summed E-state index contributed by atoms with van der Waals surface area (Å²) in [5.41, 5.74) is 0. The van der Waals surface area contributed by atoms with E-state index < -0.39 is 9.33 Å². The van der Waals surface area contributed by atoms with Gasteiger partial charge in [0.1, 0.15) is 0 Å². The van der Waals surface area contributed by atoms with Crippen molar-refractivity contribution in [2.24, 2.45) is 0 Å². The van der Waals surface area contributed by atoms with E-state index >= 15 is 0 Å².